The molecule has 0 saturated carbocycles. The Hall–Kier alpha value is -2.40. The molecule has 3 rings (SSSR count). The number of hydrogen-bond donors (Lipinski definition) is 1. The van der Waals surface area contributed by atoms with Crippen molar-refractivity contribution in [1.29, 1.82) is 0 Å². The summed E-state index contributed by atoms with van der Waals surface area (Å²) < 4.78 is 22.1. The van der Waals surface area contributed by atoms with Crippen LogP contribution in [0.4, 0.5) is 0 Å². The van der Waals surface area contributed by atoms with E-state index in [-0.39, 0.29) is 6.04 Å². The molecule has 5 heteroatoms. The Bertz CT molecular complexity index is 723. The van der Waals surface area contributed by atoms with Gasteiger partial charge in [0.2, 0.25) is 0 Å². The molecular formula is C21H27NO4. The molecule has 1 heterocycles. The van der Waals surface area contributed by atoms with Crippen LogP contribution in [0, 0.1) is 5.92 Å². The number of ether oxygens (including phenoxy) is 4. The molecule has 0 fully saturated rings. The van der Waals surface area contributed by atoms with Gasteiger partial charge in [-0.1, -0.05) is 19.9 Å². The fraction of sp³-hybridized carbons (Fsp3) is 0.429. The van der Waals surface area contributed by atoms with Crippen LogP contribution in [-0.2, 0) is 6.54 Å². The summed E-state index contributed by atoms with van der Waals surface area (Å²) in [5.41, 5.74) is 2.31. The average molecular weight is 357 g/mol. The summed E-state index contributed by atoms with van der Waals surface area (Å²) in [6.07, 6.45) is 0. The standard InChI is InChI=1S/C21H27NO4/c1-14(2)21(16-5-6-19-20(11-16)26-8-7-25-19)22-13-15-9-17(23-3)12-18(10-15)24-4/h5-6,9-12,14,21-22H,7-8,13H2,1-4H3/t21-/m0/s1. The maximum atomic E-state index is 5.73. The molecule has 0 radical (unpaired) electrons. The van der Waals surface area contributed by atoms with Gasteiger partial charge in [-0.05, 0) is 41.3 Å². The monoisotopic (exact) mass is 357 g/mol. The molecule has 5 nitrogen and oxygen atoms in total. The maximum Gasteiger partial charge on any atom is 0.161 e. The van der Waals surface area contributed by atoms with Crippen molar-refractivity contribution in [3.8, 4) is 23.0 Å². The highest BCUT2D eigenvalue weighted by Crippen LogP contribution is 2.34. The molecule has 1 aliphatic rings. The Morgan fingerprint density at radius 1 is 0.923 bits per heavy atom. The van der Waals surface area contributed by atoms with Crippen LogP contribution in [-0.4, -0.2) is 27.4 Å². The second-order valence-electron chi connectivity index (χ2n) is 6.73. The van der Waals surface area contributed by atoms with Gasteiger partial charge in [-0.3, -0.25) is 0 Å². The van der Waals surface area contributed by atoms with E-state index in [0.717, 1.165) is 28.6 Å². The van der Waals surface area contributed by atoms with E-state index >= 15 is 0 Å². The molecule has 0 aromatic heterocycles. The lowest BCUT2D eigenvalue weighted by molar-refractivity contribution is 0.171. The van der Waals surface area contributed by atoms with E-state index in [1.165, 1.54) is 5.56 Å². The third kappa shape index (κ3) is 4.22. The quantitative estimate of drug-likeness (QED) is 0.813. The molecule has 0 spiro atoms. The van der Waals surface area contributed by atoms with Crippen LogP contribution in [0.25, 0.3) is 0 Å². The summed E-state index contributed by atoms with van der Waals surface area (Å²) in [7, 11) is 3.33. The van der Waals surface area contributed by atoms with Crippen LogP contribution in [0.1, 0.15) is 31.0 Å². The smallest absolute Gasteiger partial charge is 0.161 e. The molecule has 140 valence electrons. The van der Waals surface area contributed by atoms with Crippen LogP contribution in [0.5, 0.6) is 23.0 Å². The van der Waals surface area contributed by atoms with Crippen LogP contribution in [0.2, 0.25) is 0 Å². The minimum atomic E-state index is 0.197. The normalized spacial score (nSPS) is 14.2. The van der Waals surface area contributed by atoms with Crippen molar-refractivity contribution in [2.24, 2.45) is 5.92 Å². The molecule has 0 saturated heterocycles. The van der Waals surface area contributed by atoms with E-state index in [2.05, 4.69) is 31.3 Å². The maximum absolute atomic E-state index is 5.73. The van der Waals surface area contributed by atoms with Crippen LogP contribution >= 0.6 is 0 Å². The second kappa shape index (κ2) is 8.32. The lowest BCUT2D eigenvalue weighted by Gasteiger charge is -2.26. The highest BCUT2D eigenvalue weighted by Gasteiger charge is 2.19. The second-order valence-corrected chi connectivity index (χ2v) is 6.73. The van der Waals surface area contributed by atoms with Crippen molar-refractivity contribution in [2.45, 2.75) is 26.4 Å². The van der Waals surface area contributed by atoms with Gasteiger partial charge < -0.3 is 24.3 Å². The van der Waals surface area contributed by atoms with Crippen molar-refractivity contribution >= 4 is 0 Å². The Morgan fingerprint density at radius 2 is 1.58 bits per heavy atom. The molecule has 2 aromatic rings. The molecular weight excluding hydrogens is 330 g/mol. The van der Waals surface area contributed by atoms with Gasteiger partial charge in [-0.15, -0.1) is 0 Å². The minimum Gasteiger partial charge on any atom is -0.497 e. The zero-order valence-electron chi connectivity index (χ0n) is 15.9. The first-order valence-electron chi connectivity index (χ1n) is 8.95. The van der Waals surface area contributed by atoms with Gasteiger partial charge in [-0.2, -0.15) is 0 Å². The van der Waals surface area contributed by atoms with Crippen molar-refractivity contribution < 1.29 is 18.9 Å². The molecule has 0 aliphatic carbocycles. The molecule has 1 N–H and O–H groups in total. The Labute approximate surface area is 155 Å². The first-order valence-corrected chi connectivity index (χ1v) is 8.95. The molecule has 0 bridgehead atoms. The van der Waals surface area contributed by atoms with Gasteiger partial charge in [0.05, 0.1) is 14.2 Å². The van der Waals surface area contributed by atoms with Crippen molar-refractivity contribution in [3.63, 3.8) is 0 Å². The molecule has 2 aromatic carbocycles. The highest BCUT2D eigenvalue weighted by molar-refractivity contribution is 5.45. The van der Waals surface area contributed by atoms with E-state index in [4.69, 9.17) is 18.9 Å². The fourth-order valence-corrected chi connectivity index (χ4v) is 3.19. The zero-order valence-corrected chi connectivity index (χ0v) is 15.9. The largest absolute Gasteiger partial charge is 0.497 e. The predicted octanol–water partition coefficient (Wildman–Crippen LogP) is 3.96. The van der Waals surface area contributed by atoms with Crippen molar-refractivity contribution in [1.82, 2.24) is 5.32 Å². The number of hydrogen-bond acceptors (Lipinski definition) is 5. The lowest BCUT2D eigenvalue weighted by Crippen LogP contribution is -2.26. The lowest BCUT2D eigenvalue weighted by atomic mass is 9.95. The predicted molar refractivity (Wildman–Crippen MR) is 101 cm³/mol. The van der Waals surface area contributed by atoms with E-state index in [1.54, 1.807) is 14.2 Å². The van der Waals surface area contributed by atoms with Gasteiger partial charge in [0, 0.05) is 18.7 Å². The minimum absolute atomic E-state index is 0.197. The van der Waals surface area contributed by atoms with Crippen LogP contribution in [0.3, 0.4) is 0 Å². The summed E-state index contributed by atoms with van der Waals surface area (Å²) in [4.78, 5) is 0. The molecule has 0 unspecified atom stereocenters. The fourth-order valence-electron chi connectivity index (χ4n) is 3.19. The molecule has 1 atom stereocenters. The first-order chi connectivity index (χ1) is 12.6. The van der Waals surface area contributed by atoms with Gasteiger partial charge in [0.1, 0.15) is 24.7 Å². The number of nitrogens with one attached hydrogen (secondary N) is 1. The summed E-state index contributed by atoms with van der Waals surface area (Å²) in [5.74, 6) is 3.65. The van der Waals surface area contributed by atoms with Gasteiger partial charge >= 0.3 is 0 Å². The highest BCUT2D eigenvalue weighted by atomic mass is 16.6. The van der Waals surface area contributed by atoms with Crippen LogP contribution in [0.15, 0.2) is 36.4 Å². The summed E-state index contributed by atoms with van der Waals surface area (Å²) in [6.45, 7) is 6.34. The number of fused-ring (bicyclic) bond motifs is 1. The number of benzene rings is 2. The molecule has 0 amide bonds. The SMILES string of the molecule is COc1cc(CN[C@H](c2ccc3c(c2)OCCO3)C(C)C)cc(OC)c1. The van der Waals surface area contributed by atoms with Gasteiger partial charge in [0.25, 0.3) is 0 Å². The summed E-state index contributed by atoms with van der Waals surface area (Å²) in [6, 6.07) is 12.3. The topological polar surface area (TPSA) is 49.0 Å². The van der Waals surface area contributed by atoms with Crippen LogP contribution < -0.4 is 24.3 Å². The first kappa shape index (κ1) is 18.4. The van der Waals surface area contributed by atoms with Crippen molar-refractivity contribution in [2.75, 3.05) is 27.4 Å². The van der Waals surface area contributed by atoms with E-state index in [9.17, 15) is 0 Å². The third-order valence-corrected chi connectivity index (χ3v) is 4.53. The van der Waals surface area contributed by atoms with E-state index in [0.29, 0.717) is 25.7 Å². The molecule has 26 heavy (non-hydrogen) atoms. The number of methoxy groups -OCH3 is 2. The van der Waals surface area contributed by atoms with E-state index in [1.807, 2.05) is 24.3 Å². The third-order valence-electron chi connectivity index (χ3n) is 4.53. The Kier molecular flexibility index (Phi) is 5.89. The number of rotatable bonds is 7. The summed E-state index contributed by atoms with van der Waals surface area (Å²) >= 11 is 0. The average Bonchev–Trinajstić information content (AvgIpc) is 2.67. The van der Waals surface area contributed by atoms with Crippen molar-refractivity contribution in [3.05, 3.63) is 47.5 Å². The van der Waals surface area contributed by atoms with Gasteiger partial charge in [-0.25, -0.2) is 0 Å². The zero-order chi connectivity index (χ0) is 18.5. The summed E-state index contributed by atoms with van der Waals surface area (Å²) in [5, 5.41) is 3.65. The Morgan fingerprint density at radius 3 is 2.19 bits per heavy atom. The van der Waals surface area contributed by atoms with Gasteiger partial charge in [0.15, 0.2) is 11.5 Å². The van der Waals surface area contributed by atoms with E-state index < -0.39 is 0 Å². The molecule has 1 aliphatic heterocycles. The Balaban J connectivity index is 1.77.